The van der Waals surface area contributed by atoms with E-state index in [0.717, 1.165) is 0 Å². The average molecular weight is 594 g/mol. The fourth-order valence-electron chi connectivity index (χ4n) is 5.56. The van der Waals surface area contributed by atoms with Gasteiger partial charge in [0.05, 0.1) is 31.5 Å². The highest BCUT2D eigenvalue weighted by Gasteiger charge is 2.44. The molecule has 2 saturated heterocycles. The van der Waals surface area contributed by atoms with Crippen molar-refractivity contribution in [2.45, 2.75) is 63.1 Å². The molecule has 3 aliphatic heterocycles. The molecular weight excluding hydrogens is 561 g/mol. The third-order valence-corrected chi connectivity index (χ3v) is 8.81. The second kappa shape index (κ2) is 10.6. The standard InChI is InChI=1S/C22H32N11O7P/c1-9-2-3-10-4-12(32-7-28-13-17(23)26-6-27-19(13)32)39-11(10)5-38-41(36,37)40-16(15(9)34)21(35)33-8-29-14-18(24)30-22(25)31-20(14)33/h6-12,15-16,18,21,34-35H,2-5,24H2,1H3,(H,36,37)(H2,23,26,27)(H3,25,30,31)/t9?,10-,11?,12-,15?,16?,18?,21?/m1/s1. The molecule has 3 aromatic rings. The molecule has 10 N–H and O–H groups in total. The molecule has 3 aromatic heterocycles. The van der Waals surface area contributed by atoms with Crippen molar-refractivity contribution in [2.24, 2.45) is 28.3 Å². The van der Waals surface area contributed by atoms with Crippen LogP contribution in [0.2, 0.25) is 0 Å². The Morgan fingerprint density at radius 2 is 2.00 bits per heavy atom. The maximum atomic E-state index is 13.1. The van der Waals surface area contributed by atoms with Gasteiger partial charge in [0.1, 0.15) is 36.0 Å². The van der Waals surface area contributed by atoms with Crippen LogP contribution in [0.1, 0.15) is 50.5 Å². The number of aliphatic hydroxyl groups excluding tert-OH is 2. The number of aliphatic imine (C=N–C) groups is 1. The summed E-state index contributed by atoms with van der Waals surface area (Å²) in [6.07, 6.45) is -0.723. The van der Waals surface area contributed by atoms with Gasteiger partial charge in [-0.1, -0.05) is 6.92 Å². The van der Waals surface area contributed by atoms with Crippen LogP contribution in [0, 0.1) is 11.8 Å². The predicted molar refractivity (Wildman–Crippen MR) is 142 cm³/mol. The van der Waals surface area contributed by atoms with Crippen LogP contribution in [-0.2, 0) is 18.3 Å². The molecule has 0 radical (unpaired) electrons. The number of aliphatic hydroxyl groups is 2. The summed E-state index contributed by atoms with van der Waals surface area (Å²) >= 11 is 0. The molecule has 41 heavy (non-hydrogen) atoms. The second-order valence-corrected chi connectivity index (χ2v) is 11.9. The van der Waals surface area contributed by atoms with E-state index in [1.807, 2.05) is 0 Å². The van der Waals surface area contributed by atoms with Gasteiger partial charge >= 0.3 is 7.82 Å². The number of guanidine groups is 1. The number of imidazole rings is 2. The van der Waals surface area contributed by atoms with Crippen LogP contribution < -0.4 is 22.5 Å². The molecular formula is C22H32N11O7P. The average Bonchev–Trinajstić information content (AvgIpc) is 3.65. The number of nitrogen functional groups attached to an aromatic ring is 1. The molecule has 9 atom stereocenters. The Morgan fingerprint density at radius 3 is 2.80 bits per heavy atom. The van der Waals surface area contributed by atoms with E-state index in [1.54, 1.807) is 17.8 Å². The summed E-state index contributed by atoms with van der Waals surface area (Å²) in [4.78, 5) is 31.5. The Labute approximate surface area is 233 Å². The van der Waals surface area contributed by atoms with Crippen LogP contribution in [0.15, 0.2) is 24.0 Å². The number of ether oxygens (including phenoxy) is 1. The number of rotatable bonds is 3. The van der Waals surface area contributed by atoms with Crippen molar-refractivity contribution in [3.63, 3.8) is 0 Å². The molecule has 0 saturated carbocycles. The van der Waals surface area contributed by atoms with Crippen molar-refractivity contribution in [2.75, 3.05) is 12.3 Å². The van der Waals surface area contributed by atoms with Crippen molar-refractivity contribution in [3.05, 3.63) is 24.7 Å². The molecule has 19 heteroatoms. The number of phosphoric ester groups is 1. The van der Waals surface area contributed by atoms with E-state index in [-0.39, 0.29) is 30.1 Å². The lowest BCUT2D eigenvalue weighted by Gasteiger charge is -2.32. The largest absolute Gasteiger partial charge is 0.472 e. The molecule has 6 heterocycles. The maximum Gasteiger partial charge on any atom is 0.472 e. The zero-order valence-electron chi connectivity index (χ0n) is 22.0. The number of nitrogens with two attached hydrogens (primary N) is 3. The first-order valence-electron chi connectivity index (χ1n) is 13.1. The predicted octanol–water partition coefficient (Wildman–Crippen LogP) is -0.500. The second-order valence-electron chi connectivity index (χ2n) is 10.5. The Kier molecular flexibility index (Phi) is 7.19. The third kappa shape index (κ3) is 5.17. The summed E-state index contributed by atoms with van der Waals surface area (Å²) in [5.41, 5.74) is 18.9. The van der Waals surface area contributed by atoms with E-state index in [1.165, 1.54) is 17.2 Å². The Morgan fingerprint density at radius 1 is 1.20 bits per heavy atom. The van der Waals surface area contributed by atoms with Gasteiger partial charge in [-0.25, -0.2) is 24.5 Å². The van der Waals surface area contributed by atoms with Gasteiger partial charge < -0.3 is 42.4 Å². The van der Waals surface area contributed by atoms with Crippen LogP contribution in [0.25, 0.3) is 11.2 Å². The molecule has 3 aliphatic rings. The van der Waals surface area contributed by atoms with Gasteiger partial charge in [-0.05, 0) is 31.1 Å². The highest BCUT2D eigenvalue weighted by Crippen LogP contribution is 2.50. The number of phosphoric acid groups is 1. The van der Waals surface area contributed by atoms with Crippen LogP contribution in [-0.4, -0.2) is 75.1 Å². The van der Waals surface area contributed by atoms with Crippen molar-refractivity contribution in [1.29, 1.82) is 0 Å². The lowest BCUT2D eigenvalue weighted by molar-refractivity contribution is -0.105. The summed E-state index contributed by atoms with van der Waals surface area (Å²) < 4.78 is 33.0. The first kappa shape index (κ1) is 27.9. The summed E-state index contributed by atoms with van der Waals surface area (Å²) in [5.74, 6) is -0.197. The van der Waals surface area contributed by atoms with Crippen LogP contribution >= 0.6 is 7.82 Å². The fourth-order valence-corrected chi connectivity index (χ4v) is 6.50. The highest BCUT2D eigenvalue weighted by atomic mass is 31.2. The molecule has 18 nitrogen and oxygen atoms in total. The SMILES string of the molecule is CC1CC[C@@H]2C[C@H](n3cnc4c(N)ncnc43)OC2COP(=O)(O)OC(C(O)n2cnc3c2N=C(N)NC3N)C1O. The molecule has 0 bridgehead atoms. The molecule has 0 amide bonds. The van der Waals surface area contributed by atoms with E-state index in [2.05, 4.69) is 30.2 Å². The van der Waals surface area contributed by atoms with Crippen molar-refractivity contribution in [3.8, 4) is 0 Å². The first-order chi connectivity index (χ1) is 19.5. The van der Waals surface area contributed by atoms with Crippen molar-refractivity contribution >= 4 is 36.6 Å². The van der Waals surface area contributed by atoms with Gasteiger partial charge in [0.2, 0.25) is 0 Å². The highest BCUT2D eigenvalue weighted by molar-refractivity contribution is 7.47. The van der Waals surface area contributed by atoms with Gasteiger partial charge in [0.25, 0.3) is 0 Å². The van der Waals surface area contributed by atoms with E-state index >= 15 is 0 Å². The minimum absolute atomic E-state index is 0.00293. The first-order valence-corrected chi connectivity index (χ1v) is 14.5. The fraction of sp³-hybridized carbons (Fsp3) is 0.591. The lowest BCUT2D eigenvalue weighted by atomic mass is 9.87. The quantitative estimate of drug-likeness (QED) is 0.189. The topological polar surface area (TPSA) is 269 Å². The number of hydrogen-bond acceptors (Lipinski definition) is 15. The Balaban J connectivity index is 1.24. The van der Waals surface area contributed by atoms with Gasteiger partial charge in [0, 0.05) is 0 Å². The van der Waals surface area contributed by atoms with Gasteiger partial charge in [-0.3, -0.25) is 18.2 Å². The number of aromatic nitrogens is 6. The Hall–Kier alpha value is -3.22. The normalized spacial score (nSPS) is 35.1. The smallest absolute Gasteiger partial charge is 0.390 e. The summed E-state index contributed by atoms with van der Waals surface area (Å²) in [6, 6.07) is 0. The molecule has 7 unspecified atom stereocenters. The molecule has 0 spiro atoms. The number of anilines is 1. The molecule has 222 valence electrons. The van der Waals surface area contributed by atoms with Crippen molar-refractivity contribution < 1.29 is 33.5 Å². The molecule has 0 aromatic carbocycles. The summed E-state index contributed by atoms with van der Waals surface area (Å²) in [6.45, 7) is 1.49. The number of hydrogen-bond donors (Lipinski definition) is 7. The van der Waals surface area contributed by atoms with E-state index < -0.39 is 50.7 Å². The number of nitrogens with one attached hydrogen (secondary N) is 1. The van der Waals surface area contributed by atoms with E-state index in [4.69, 9.17) is 31.0 Å². The molecule has 2 fully saturated rings. The summed E-state index contributed by atoms with van der Waals surface area (Å²) in [7, 11) is -4.81. The minimum atomic E-state index is -4.81. The third-order valence-electron chi connectivity index (χ3n) is 7.83. The van der Waals surface area contributed by atoms with Gasteiger partial charge in [-0.15, -0.1) is 0 Å². The van der Waals surface area contributed by atoms with Crippen LogP contribution in [0.4, 0.5) is 11.6 Å². The maximum absolute atomic E-state index is 13.1. The zero-order valence-corrected chi connectivity index (χ0v) is 22.9. The summed E-state index contributed by atoms with van der Waals surface area (Å²) in [5, 5.41) is 25.3. The van der Waals surface area contributed by atoms with E-state index in [0.29, 0.717) is 36.1 Å². The number of nitrogens with zero attached hydrogens (tertiary/aromatic N) is 7. The Bertz CT molecular complexity index is 1510. The molecule has 0 aliphatic carbocycles. The van der Waals surface area contributed by atoms with Crippen LogP contribution in [0.5, 0.6) is 0 Å². The number of fused-ring (bicyclic) bond motifs is 3. The van der Waals surface area contributed by atoms with Gasteiger partial charge in [-0.2, -0.15) is 4.99 Å². The van der Waals surface area contributed by atoms with E-state index in [9.17, 15) is 19.7 Å². The minimum Gasteiger partial charge on any atom is -0.390 e. The molecule has 6 rings (SSSR count). The zero-order chi connectivity index (χ0) is 29.1. The van der Waals surface area contributed by atoms with Crippen molar-refractivity contribution in [1.82, 2.24) is 34.4 Å². The van der Waals surface area contributed by atoms with Crippen LogP contribution in [0.3, 0.4) is 0 Å². The van der Waals surface area contributed by atoms with Gasteiger partial charge in [0.15, 0.2) is 29.5 Å². The lowest BCUT2D eigenvalue weighted by Crippen LogP contribution is -2.42. The monoisotopic (exact) mass is 593 g/mol.